The SMILES string of the molecule is COC(=O)C(N)c1ccc2c(c1)N(C)C(=O)CO2. The molecule has 2 rings (SSSR count). The van der Waals surface area contributed by atoms with Crippen molar-refractivity contribution in [2.24, 2.45) is 5.73 Å². The second-order valence-corrected chi connectivity index (χ2v) is 3.97. The van der Waals surface area contributed by atoms with Gasteiger partial charge in [-0.05, 0) is 17.7 Å². The average molecular weight is 250 g/mol. The van der Waals surface area contributed by atoms with Crippen LogP contribution >= 0.6 is 0 Å². The standard InChI is InChI=1S/C12H14N2O4/c1-14-8-5-7(11(13)12(16)17-2)3-4-9(8)18-6-10(14)15/h3-5,11H,6,13H2,1-2H3. The van der Waals surface area contributed by atoms with E-state index in [0.29, 0.717) is 17.0 Å². The van der Waals surface area contributed by atoms with E-state index in [4.69, 9.17) is 10.5 Å². The summed E-state index contributed by atoms with van der Waals surface area (Å²) in [7, 11) is 2.93. The maximum absolute atomic E-state index is 11.5. The summed E-state index contributed by atoms with van der Waals surface area (Å²) in [6.45, 7) is 0.0197. The fraction of sp³-hybridized carbons (Fsp3) is 0.333. The third-order valence-electron chi connectivity index (χ3n) is 2.88. The number of fused-ring (bicyclic) bond motifs is 1. The zero-order valence-electron chi connectivity index (χ0n) is 10.2. The number of carbonyl (C=O) groups excluding carboxylic acids is 2. The van der Waals surface area contributed by atoms with Crippen LogP contribution < -0.4 is 15.4 Å². The molecule has 1 aromatic rings. The lowest BCUT2D eigenvalue weighted by Gasteiger charge is -2.26. The lowest BCUT2D eigenvalue weighted by atomic mass is 10.1. The number of nitrogens with two attached hydrogens (primary N) is 1. The maximum atomic E-state index is 11.5. The third kappa shape index (κ3) is 2.02. The van der Waals surface area contributed by atoms with Gasteiger partial charge < -0.3 is 20.1 Å². The van der Waals surface area contributed by atoms with Crippen molar-refractivity contribution in [2.45, 2.75) is 6.04 Å². The van der Waals surface area contributed by atoms with E-state index >= 15 is 0 Å². The van der Waals surface area contributed by atoms with E-state index in [-0.39, 0.29) is 12.5 Å². The van der Waals surface area contributed by atoms with Gasteiger partial charge in [0.05, 0.1) is 12.8 Å². The maximum Gasteiger partial charge on any atom is 0.327 e. The molecule has 0 fully saturated rings. The highest BCUT2D eigenvalue weighted by atomic mass is 16.5. The lowest BCUT2D eigenvalue weighted by molar-refractivity contribution is -0.142. The van der Waals surface area contributed by atoms with Gasteiger partial charge in [-0.15, -0.1) is 0 Å². The summed E-state index contributed by atoms with van der Waals surface area (Å²) in [5.41, 5.74) is 6.92. The first-order valence-electron chi connectivity index (χ1n) is 5.41. The number of likely N-dealkylation sites (N-methyl/N-ethyl adjacent to an activating group) is 1. The molecule has 1 aromatic carbocycles. The van der Waals surface area contributed by atoms with Crippen LogP contribution in [0.25, 0.3) is 0 Å². The summed E-state index contributed by atoms with van der Waals surface area (Å²) in [5.74, 6) is -0.0788. The summed E-state index contributed by atoms with van der Waals surface area (Å²) < 4.78 is 9.86. The first-order chi connectivity index (χ1) is 8.54. The summed E-state index contributed by atoms with van der Waals surface area (Å²) in [4.78, 5) is 24.4. The van der Waals surface area contributed by atoms with Crippen molar-refractivity contribution in [2.75, 3.05) is 25.7 Å². The zero-order valence-corrected chi connectivity index (χ0v) is 10.2. The molecular formula is C12H14N2O4. The largest absolute Gasteiger partial charge is 0.482 e. The molecule has 1 atom stereocenters. The summed E-state index contributed by atoms with van der Waals surface area (Å²) in [5, 5.41) is 0. The van der Waals surface area contributed by atoms with Gasteiger partial charge in [-0.25, -0.2) is 0 Å². The Morgan fingerprint density at radius 2 is 2.28 bits per heavy atom. The molecule has 1 amide bonds. The third-order valence-corrected chi connectivity index (χ3v) is 2.88. The van der Waals surface area contributed by atoms with E-state index in [2.05, 4.69) is 4.74 Å². The minimum absolute atomic E-state index is 0.0197. The second kappa shape index (κ2) is 4.66. The minimum atomic E-state index is -0.870. The predicted molar refractivity (Wildman–Crippen MR) is 64.3 cm³/mol. The number of esters is 1. The quantitative estimate of drug-likeness (QED) is 0.759. The van der Waals surface area contributed by atoms with Crippen molar-refractivity contribution < 1.29 is 19.1 Å². The van der Waals surface area contributed by atoms with Crippen molar-refractivity contribution in [3.05, 3.63) is 23.8 Å². The van der Waals surface area contributed by atoms with Gasteiger partial charge in [-0.1, -0.05) is 6.07 Å². The predicted octanol–water partition coefficient (Wildman–Crippen LogP) is 0.215. The number of ether oxygens (including phenoxy) is 2. The molecule has 2 N–H and O–H groups in total. The molecule has 18 heavy (non-hydrogen) atoms. The van der Waals surface area contributed by atoms with E-state index < -0.39 is 12.0 Å². The molecule has 1 unspecified atom stereocenters. The van der Waals surface area contributed by atoms with Gasteiger partial charge in [-0.3, -0.25) is 9.59 Å². The minimum Gasteiger partial charge on any atom is -0.482 e. The van der Waals surface area contributed by atoms with Crippen LogP contribution in [0.4, 0.5) is 5.69 Å². The van der Waals surface area contributed by atoms with E-state index in [1.165, 1.54) is 12.0 Å². The van der Waals surface area contributed by atoms with Crippen molar-refractivity contribution in [3.63, 3.8) is 0 Å². The molecule has 0 saturated carbocycles. The van der Waals surface area contributed by atoms with Gasteiger partial charge in [0.25, 0.3) is 5.91 Å². The Hall–Kier alpha value is -2.08. The first-order valence-corrected chi connectivity index (χ1v) is 5.41. The molecule has 0 saturated heterocycles. The van der Waals surface area contributed by atoms with E-state index in [1.807, 2.05) is 0 Å². The summed E-state index contributed by atoms with van der Waals surface area (Å²) >= 11 is 0. The van der Waals surface area contributed by atoms with Gasteiger partial charge in [0.15, 0.2) is 6.61 Å². The molecule has 0 aromatic heterocycles. The number of amides is 1. The Labute approximate surface area is 104 Å². The van der Waals surface area contributed by atoms with Gasteiger partial charge in [-0.2, -0.15) is 0 Å². The van der Waals surface area contributed by atoms with Crippen LogP contribution in [0.3, 0.4) is 0 Å². The first kappa shape index (κ1) is 12.4. The van der Waals surface area contributed by atoms with Crippen LogP contribution in [-0.2, 0) is 14.3 Å². The Morgan fingerprint density at radius 3 is 2.94 bits per heavy atom. The summed E-state index contributed by atoms with van der Waals surface area (Å²) in [6.07, 6.45) is 0. The Kier molecular flexibility index (Phi) is 3.20. The number of carbonyl (C=O) groups is 2. The van der Waals surface area contributed by atoms with E-state index in [1.54, 1.807) is 25.2 Å². The monoisotopic (exact) mass is 250 g/mol. The molecule has 6 nitrogen and oxygen atoms in total. The fourth-order valence-electron chi connectivity index (χ4n) is 1.75. The number of nitrogens with zero attached hydrogens (tertiary/aromatic N) is 1. The van der Waals surface area contributed by atoms with Gasteiger partial charge in [0.1, 0.15) is 11.8 Å². The highest BCUT2D eigenvalue weighted by molar-refractivity contribution is 5.97. The normalized spacial score (nSPS) is 15.7. The summed E-state index contributed by atoms with van der Waals surface area (Å²) in [6, 6.07) is 4.17. The average Bonchev–Trinajstić information content (AvgIpc) is 2.41. The molecule has 0 spiro atoms. The van der Waals surface area contributed by atoms with Gasteiger partial charge in [0, 0.05) is 7.05 Å². The number of methoxy groups -OCH3 is 1. The molecular weight excluding hydrogens is 236 g/mol. The number of benzene rings is 1. The highest BCUT2D eigenvalue weighted by Gasteiger charge is 2.24. The topological polar surface area (TPSA) is 81.9 Å². The molecule has 96 valence electrons. The van der Waals surface area contributed by atoms with Crippen molar-refractivity contribution in [1.82, 2.24) is 0 Å². The Balaban J connectivity index is 2.37. The van der Waals surface area contributed by atoms with Crippen molar-refractivity contribution >= 4 is 17.6 Å². The zero-order chi connectivity index (χ0) is 13.3. The van der Waals surface area contributed by atoms with Gasteiger partial charge in [0.2, 0.25) is 0 Å². The Morgan fingerprint density at radius 1 is 1.56 bits per heavy atom. The van der Waals surface area contributed by atoms with Crippen LogP contribution in [0.5, 0.6) is 5.75 Å². The fourth-order valence-corrected chi connectivity index (χ4v) is 1.75. The van der Waals surface area contributed by atoms with E-state index in [0.717, 1.165) is 0 Å². The smallest absolute Gasteiger partial charge is 0.327 e. The number of anilines is 1. The molecule has 1 aliphatic rings. The molecule has 0 bridgehead atoms. The van der Waals surface area contributed by atoms with Crippen molar-refractivity contribution in [1.29, 1.82) is 0 Å². The van der Waals surface area contributed by atoms with Crippen molar-refractivity contribution in [3.8, 4) is 5.75 Å². The highest BCUT2D eigenvalue weighted by Crippen LogP contribution is 2.33. The molecule has 0 radical (unpaired) electrons. The molecule has 1 aliphatic heterocycles. The van der Waals surface area contributed by atoms with Crippen LogP contribution in [0, 0.1) is 0 Å². The van der Waals surface area contributed by atoms with Gasteiger partial charge >= 0.3 is 5.97 Å². The number of hydrogen-bond donors (Lipinski definition) is 1. The Bertz CT molecular complexity index is 501. The van der Waals surface area contributed by atoms with Crippen LogP contribution in [0.1, 0.15) is 11.6 Å². The second-order valence-electron chi connectivity index (χ2n) is 3.97. The number of hydrogen-bond acceptors (Lipinski definition) is 5. The van der Waals surface area contributed by atoms with Crippen LogP contribution in [0.15, 0.2) is 18.2 Å². The van der Waals surface area contributed by atoms with E-state index in [9.17, 15) is 9.59 Å². The van der Waals surface area contributed by atoms with Crippen LogP contribution in [0.2, 0.25) is 0 Å². The van der Waals surface area contributed by atoms with Crippen LogP contribution in [-0.4, -0.2) is 32.6 Å². The molecule has 6 heteroatoms. The molecule has 0 aliphatic carbocycles. The molecule has 1 heterocycles. The number of rotatable bonds is 2. The lowest BCUT2D eigenvalue weighted by Crippen LogP contribution is -2.35.